The van der Waals surface area contributed by atoms with Crippen LogP contribution in [0, 0.1) is 5.41 Å². The molecule has 0 bridgehead atoms. The van der Waals surface area contributed by atoms with Crippen LogP contribution in [0.25, 0.3) is 11.1 Å². The van der Waals surface area contributed by atoms with Gasteiger partial charge in [-0.15, -0.1) is 4.36 Å². The molecule has 0 aliphatic carbocycles. The van der Waals surface area contributed by atoms with Crippen LogP contribution in [-0.2, 0) is 16.5 Å². The largest absolute Gasteiger partial charge is 0.481 e. The van der Waals surface area contributed by atoms with Crippen molar-refractivity contribution in [1.29, 1.82) is 0 Å². The molecule has 180 valence electrons. The average Bonchev–Trinajstić information content (AvgIpc) is 3.21. The third-order valence-corrected chi connectivity index (χ3v) is 6.38. The number of methoxy groups -OCH3 is 2. The van der Waals surface area contributed by atoms with Gasteiger partial charge in [0.15, 0.2) is 9.92 Å². The topological polar surface area (TPSA) is 156 Å². The third-order valence-electron chi connectivity index (χ3n) is 5.03. The zero-order chi connectivity index (χ0) is 24.5. The number of anilines is 1. The monoisotopic (exact) mass is 487 g/mol. The van der Waals surface area contributed by atoms with E-state index in [1.165, 1.54) is 20.4 Å². The predicted octanol–water partition coefficient (Wildman–Crippen LogP) is 2.71. The molecule has 12 nitrogen and oxygen atoms in total. The van der Waals surface area contributed by atoms with Crippen LogP contribution in [0.3, 0.4) is 0 Å². The van der Waals surface area contributed by atoms with Crippen molar-refractivity contribution in [3.8, 4) is 28.8 Å². The molecule has 0 spiro atoms. The maximum Gasteiger partial charge on any atom is 0.356 e. The molecule has 0 unspecified atom stereocenters. The van der Waals surface area contributed by atoms with Gasteiger partial charge in [-0.3, -0.25) is 5.32 Å². The van der Waals surface area contributed by atoms with Crippen LogP contribution in [0.15, 0.2) is 45.9 Å². The first-order valence-electron chi connectivity index (χ1n) is 10.2. The smallest absolute Gasteiger partial charge is 0.356 e. The Morgan fingerprint density at radius 2 is 2.03 bits per heavy atom. The molecule has 4 rings (SSSR count). The van der Waals surface area contributed by atoms with Gasteiger partial charge in [0.1, 0.15) is 10.7 Å². The molecular weight excluding hydrogens is 462 g/mol. The Labute approximate surface area is 196 Å². The number of aromatic nitrogens is 4. The van der Waals surface area contributed by atoms with Gasteiger partial charge in [0.2, 0.25) is 17.6 Å². The van der Waals surface area contributed by atoms with Crippen LogP contribution in [0.4, 0.5) is 10.6 Å². The summed E-state index contributed by atoms with van der Waals surface area (Å²) >= 11 is 0. The Morgan fingerprint density at radius 3 is 2.76 bits per heavy atom. The lowest BCUT2D eigenvalue weighted by Crippen LogP contribution is -2.33. The molecule has 4 heterocycles. The van der Waals surface area contributed by atoms with E-state index in [2.05, 4.69) is 24.7 Å². The van der Waals surface area contributed by atoms with E-state index in [9.17, 15) is 9.00 Å². The Balaban J connectivity index is 1.66. The van der Waals surface area contributed by atoms with Gasteiger partial charge in [-0.1, -0.05) is 13.8 Å². The van der Waals surface area contributed by atoms with E-state index < -0.39 is 15.9 Å². The van der Waals surface area contributed by atoms with E-state index in [0.717, 1.165) is 0 Å². The first kappa shape index (κ1) is 23.4. The lowest BCUT2D eigenvalue weighted by Gasteiger charge is -2.30. The number of amides is 2. The molecule has 0 saturated heterocycles. The van der Waals surface area contributed by atoms with Gasteiger partial charge in [-0.25, -0.2) is 23.8 Å². The summed E-state index contributed by atoms with van der Waals surface area (Å²) in [6.07, 6.45) is 2.87. The van der Waals surface area contributed by atoms with Gasteiger partial charge in [0, 0.05) is 29.3 Å². The first-order chi connectivity index (χ1) is 16.1. The SMILES string of the molecule is COc1cc(-c2ccc(OC)nc2NC(=O)N=[S@](N)(=O)c2cnn3c2OCC(C)(C)C3)ccn1. The highest BCUT2D eigenvalue weighted by molar-refractivity contribution is 7.91. The van der Waals surface area contributed by atoms with Gasteiger partial charge in [-0.05, 0) is 17.7 Å². The van der Waals surface area contributed by atoms with Crippen molar-refractivity contribution in [2.45, 2.75) is 25.3 Å². The van der Waals surface area contributed by atoms with Crippen molar-refractivity contribution >= 4 is 21.8 Å². The fraction of sp³-hybridized carbons (Fsp3) is 0.333. The minimum atomic E-state index is -3.65. The van der Waals surface area contributed by atoms with Crippen LogP contribution in [0.1, 0.15) is 13.8 Å². The van der Waals surface area contributed by atoms with Gasteiger partial charge in [0.05, 0.1) is 33.6 Å². The summed E-state index contributed by atoms with van der Waals surface area (Å²) < 4.78 is 34.5. The number of carbonyl (C=O) groups excluding carboxylic acids is 1. The van der Waals surface area contributed by atoms with Gasteiger partial charge in [-0.2, -0.15) is 10.1 Å². The molecular formula is C21H25N7O5S. The van der Waals surface area contributed by atoms with Crippen molar-refractivity contribution in [1.82, 2.24) is 19.7 Å². The molecule has 2 amide bonds. The number of urea groups is 1. The van der Waals surface area contributed by atoms with E-state index in [1.807, 2.05) is 13.8 Å². The Kier molecular flexibility index (Phi) is 6.15. The highest BCUT2D eigenvalue weighted by Crippen LogP contribution is 2.33. The van der Waals surface area contributed by atoms with Crippen LogP contribution >= 0.6 is 0 Å². The number of hydrogen-bond donors (Lipinski definition) is 2. The van der Waals surface area contributed by atoms with Gasteiger partial charge < -0.3 is 14.2 Å². The Hall–Kier alpha value is -3.71. The normalized spacial score (nSPS) is 15.9. The number of hydrogen-bond acceptors (Lipinski definition) is 8. The Morgan fingerprint density at radius 1 is 1.26 bits per heavy atom. The van der Waals surface area contributed by atoms with E-state index >= 15 is 0 Å². The van der Waals surface area contributed by atoms with Crippen molar-refractivity contribution in [2.24, 2.45) is 14.9 Å². The zero-order valence-corrected chi connectivity index (χ0v) is 20.0. The maximum absolute atomic E-state index is 13.2. The summed E-state index contributed by atoms with van der Waals surface area (Å²) in [7, 11) is -0.706. The molecule has 13 heteroatoms. The van der Waals surface area contributed by atoms with Crippen LogP contribution in [-0.4, -0.2) is 50.8 Å². The summed E-state index contributed by atoms with van der Waals surface area (Å²) in [5.74, 6) is 1.02. The fourth-order valence-corrected chi connectivity index (χ4v) is 4.40. The molecule has 3 aromatic rings. The quantitative estimate of drug-likeness (QED) is 0.556. The highest BCUT2D eigenvalue weighted by atomic mass is 32.2. The van der Waals surface area contributed by atoms with Crippen LogP contribution < -0.4 is 24.7 Å². The lowest BCUT2D eigenvalue weighted by atomic mass is 9.94. The van der Waals surface area contributed by atoms with E-state index in [1.54, 1.807) is 35.1 Å². The van der Waals surface area contributed by atoms with Crippen LogP contribution in [0.5, 0.6) is 17.6 Å². The summed E-state index contributed by atoms with van der Waals surface area (Å²) in [5.41, 5.74) is 1.07. The molecule has 0 radical (unpaired) electrons. The van der Waals surface area contributed by atoms with Crippen molar-refractivity contribution in [3.05, 3.63) is 36.7 Å². The number of pyridine rings is 2. The average molecular weight is 488 g/mol. The molecule has 0 aromatic carbocycles. The summed E-state index contributed by atoms with van der Waals surface area (Å²) in [4.78, 5) is 21.2. The van der Waals surface area contributed by atoms with E-state index in [-0.39, 0.29) is 27.9 Å². The van der Waals surface area contributed by atoms with E-state index in [0.29, 0.717) is 30.2 Å². The number of nitrogens with two attached hydrogens (primary N) is 1. The Bertz CT molecular complexity index is 1360. The minimum absolute atomic E-state index is 0.0517. The number of rotatable bonds is 5. The number of carbonyl (C=O) groups is 1. The minimum Gasteiger partial charge on any atom is -0.481 e. The summed E-state index contributed by atoms with van der Waals surface area (Å²) in [6, 6.07) is 5.80. The highest BCUT2D eigenvalue weighted by Gasteiger charge is 2.32. The third kappa shape index (κ3) is 4.79. The van der Waals surface area contributed by atoms with Gasteiger partial charge >= 0.3 is 6.03 Å². The molecule has 1 atom stereocenters. The van der Waals surface area contributed by atoms with E-state index in [4.69, 9.17) is 19.3 Å². The molecule has 1 aliphatic rings. The molecule has 3 aromatic heterocycles. The second kappa shape index (κ2) is 8.91. The second-order valence-corrected chi connectivity index (χ2v) is 10.1. The van der Waals surface area contributed by atoms with Crippen LogP contribution in [0.2, 0.25) is 0 Å². The number of nitrogens with zero attached hydrogens (tertiary/aromatic N) is 5. The summed E-state index contributed by atoms with van der Waals surface area (Å²) in [5, 5.41) is 12.7. The number of ether oxygens (including phenoxy) is 3. The zero-order valence-electron chi connectivity index (χ0n) is 19.1. The van der Waals surface area contributed by atoms with Crippen molar-refractivity contribution in [2.75, 3.05) is 26.1 Å². The number of nitrogens with one attached hydrogen (secondary N) is 1. The molecule has 1 aliphatic heterocycles. The molecule has 0 fully saturated rings. The first-order valence-corrected chi connectivity index (χ1v) is 11.8. The fourth-order valence-electron chi connectivity index (χ4n) is 3.40. The lowest BCUT2D eigenvalue weighted by molar-refractivity contribution is 0.0972. The van der Waals surface area contributed by atoms with Crippen molar-refractivity contribution in [3.63, 3.8) is 0 Å². The molecule has 3 N–H and O–H groups in total. The molecule has 0 saturated carbocycles. The maximum atomic E-state index is 13.2. The second-order valence-electron chi connectivity index (χ2n) is 8.35. The van der Waals surface area contributed by atoms with Gasteiger partial charge in [0.25, 0.3) is 0 Å². The van der Waals surface area contributed by atoms with Crippen molar-refractivity contribution < 1.29 is 23.2 Å². The summed E-state index contributed by atoms with van der Waals surface area (Å²) in [6.45, 7) is 4.98. The molecule has 34 heavy (non-hydrogen) atoms. The standard InChI is InChI=1S/C21H25N7O5S/c1-21(2)11-28-19(33-12-21)15(10-24-28)34(22,30)27-20(29)26-18-14(5-6-16(25-18)31-3)13-7-8-23-17(9-13)32-4/h5-10H,11-12H2,1-4H3,(H3,22,25,26,27,29,30)/t34-/m0/s1. The number of fused-ring (bicyclic) bond motifs is 1. The predicted molar refractivity (Wildman–Crippen MR) is 124 cm³/mol.